The van der Waals surface area contributed by atoms with Crippen LogP contribution in [0, 0.1) is 52.3 Å². The molecule has 186 valence electrons. The molecule has 0 aromatic rings. The van der Waals surface area contributed by atoms with E-state index in [0.717, 1.165) is 44.9 Å². The number of halogens is 1. The molecule has 0 bridgehead atoms. The third-order valence-electron chi connectivity index (χ3n) is 11.7. The lowest BCUT2D eigenvalue weighted by atomic mass is 9.43. The number of hydrogen-bond donors (Lipinski definition) is 2. The standard InChI is InChI=1S/C27H41BrO5/c1-13-9-20(28)27(32-12-13)14(2)21-19(33-27)11-18-17-6-5-15-10-16(29)7-8-25(15,3)22(17)23(30)24(31)26(18,21)4/h13-22,24,29,31H,5-12H2,1-4H3. The van der Waals surface area contributed by atoms with Crippen molar-refractivity contribution in [1.29, 1.82) is 0 Å². The third kappa shape index (κ3) is 2.88. The molecule has 14 unspecified atom stereocenters. The van der Waals surface area contributed by atoms with E-state index in [2.05, 4.69) is 43.6 Å². The number of rotatable bonds is 0. The van der Waals surface area contributed by atoms with Crippen molar-refractivity contribution in [2.24, 2.45) is 52.3 Å². The third-order valence-corrected chi connectivity index (χ3v) is 12.7. The molecule has 0 amide bonds. The van der Waals surface area contributed by atoms with Crippen LogP contribution in [0.15, 0.2) is 0 Å². The van der Waals surface area contributed by atoms with Gasteiger partial charge >= 0.3 is 0 Å². The van der Waals surface area contributed by atoms with Gasteiger partial charge in [0.15, 0.2) is 11.6 Å². The van der Waals surface area contributed by atoms with E-state index in [-0.39, 0.29) is 46.0 Å². The van der Waals surface area contributed by atoms with Crippen LogP contribution in [-0.4, -0.2) is 51.5 Å². The largest absolute Gasteiger partial charge is 0.393 e. The van der Waals surface area contributed by atoms with Gasteiger partial charge in [-0.3, -0.25) is 4.79 Å². The summed E-state index contributed by atoms with van der Waals surface area (Å²) >= 11 is 3.90. The van der Waals surface area contributed by atoms with Crippen molar-refractivity contribution >= 4 is 21.7 Å². The molecule has 6 heteroatoms. The van der Waals surface area contributed by atoms with Gasteiger partial charge in [-0.1, -0.05) is 43.6 Å². The molecule has 6 aliphatic rings. The molecule has 2 aliphatic heterocycles. The summed E-state index contributed by atoms with van der Waals surface area (Å²) in [5.41, 5.74) is -0.571. The Labute approximate surface area is 206 Å². The van der Waals surface area contributed by atoms with E-state index in [9.17, 15) is 15.0 Å². The molecule has 33 heavy (non-hydrogen) atoms. The zero-order valence-electron chi connectivity index (χ0n) is 20.5. The Balaban J connectivity index is 1.34. The molecule has 4 aliphatic carbocycles. The van der Waals surface area contributed by atoms with E-state index >= 15 is 0 Å². The molecule has 2 heterocycles. The molecule has 6 rings (SSSR count). The van der Waals surface area contributed by atoms with Crippen LogP contribution < -0.4 is 0 Å². The minimum atomic E-state index is -0.946. The van der Waals surface area contributed by atoms with Gasteiger partial charge in [0.25, 0.3) is 0 Å². The predicted molar refractivity (Wildman–Crippen MR) is 128 cm³/mol. The van der Waals surface area contributed by atoms with Crippen molar-refractivity contribution in [2.45, 2.75) is 102 Å². The van der Waals surface area contributed by atoms with E-state index < -0.39 is 17.3 Å². The summed E-state index contributed by atoms with van der Waals surface area (Å²) in [7, 11) is 0. The van der Waals surface area contributed by atoms with Gasteiger partial charge in [-0.05, 0) is 74.0 Å². The highest BCUT2D eigenvalue weighted by atomic mass is 79.9. The van der Waals surface area contributed by atoms with Crippen molar-refractivity contribution in [1.82, 2.24) is 0 Å². The summed E-state index contributed by atoms with van der Waals surface area (Å²) in [5.74, 6) is 1.05. The number of Topliss-reactive ketones (excluding diaryl/α,β-unsaturated/α-hetero) is 1. The summed E-state index contributed by atoms with van der Waals surface area (Å²) in [6.07, 6.45) is 5.38. The molecule has 0 aromatic carbocycles. The van der Waals surface area contributed by atoms with Crippen LogP contribution in [0.5, 0.6) is 0 Å². The molecule has 1 spiro atoms. The summed E-state index contributed by atoms with van der Waals surface area (Å²) in [4.78, 5) is 14.2. The summed E-state index contributed by atoms with van der Waals surface area (Å²) < 4.78 is 13.3. The fourth-order valence-electron chi connectivity index (χ4n) is 10.1. The molecule has 0 aromatic heterocycles. The topological polar surface area (TPSA) is 76.0 Å². The Morgan fingerprint density at radius 2 is 1.82 bits per heavy atom. The van der Waals surface area contributed by atoms with E-state index in [0.29, 0.717) is 30.3 Å². The molecule has 4 saturated carbocycles. The summed E-state index contributed by atoms with van der Waals surface area (Å²) in [6.45, 7) is 9.61. The van der Waals surface area contributed by atoms with Gasteiger partial charge in [0.1, 0.15) is 6.10 Å². The second-order valence-electron chi connectivity index (χ2n) is 13.2. The quantitative estimate of drug-likeness (QED) is 0.461. The number of ether oxygens (including phenoxy) is 2. The lowest BCUT2D eigenvalue weighted by Gasteiger charge is -2.61. The second kappa shape index (κ2) is 7.50. The van der Waals surface area contributed by atoms with E-state index in [1.807, 2.05) is 0 Å². The Kier molecular flexibility index (Phi) is 5.32. The van der Waals surface area contributed by atoms with Crippen LogP contribution in [0.4, 0.5) is 0 Å². The maximum Gasteiger partial charge on any atom is 0.184 e. The van der Waals surface area contributed by atoms with Gasteiger partial charge in [0.05, 0.1) is 23.6 Å². The highest BCUT2D eigenvalue weighted by Crippen LogP contribution is 2.70. The van der Waals surface area contributed by atoms with Gasteiger partial charge in [-0.25, -0.2) is 0 Å². The minimum Gasteiger partial charge on any atom is -0.393 e. The molecule has 2 saturated heterocycles. The lowest BCUT2D eigenvalue weighted by molar-refractivity contribution is -0.268. The fourth-order valence-corrected chi connectivity index (χ4v) is 11.4. The number of alkyl halides is 1. The van der Waals surface area contributed by atoms with Gasteiger partial charge in [0, 0.05) is 23.2 Å². The van der Waals surface area contributed by atoms with Crippen LogP contribution in [0.25, 0.3) is 0 Å². The average molecular weight is 526 g/mol. The zero-order chi connectivity index (χ0) is 23.5. The SMILES string of the molecule is CC1COC2(OC3CC4C5CCC6CC(O)CCC6(C)C5C(=O)C(O)C4(C)C3C2C)C(Br)C1. The highest BCUT2D eigenvalue weighted by molar-refractivity contribution is 9.09. The van der Waals surface area contributed by atoms with Crippen LogP contribution in [0.1, 0.15) is 72.6 Å². The first-order valence-corrected chi connectivity index (χ1v) is 14.3. The van der Waals surface area contributed by atoms with E-state index in [1.165, 1.54) is 0 Å². The number of carbonyl (C=O) groups is 1. The molecular formula is C27H41BrO5. The number of fused-ring (bicyclic) bond motifs is 7. The maximum absolute atomic E-state index is 14.0. The molecular weight excluding hydrogens is 484 g/mol. The number of hydrogen-bond acceptors (Lipinski definition) is 5. The smallest absolute Gasteiger partial charge is 0.184 e. The van der Waals surface area contributed by atoms with Crippen LogP contribution in [-0.2, 0) is 14.3 Å². The molecule has 0 radical (unpaired) electrons. The van der Waals surface area contributed by atoms with Gasteiger partial charge in [-0.15, -0.1) is 0 Å². The fraction of sp³-hybridized carbons (Fsp3) is 0.963. The summed E-state index contributed by atoms with van der Waals surface area (Å²) in [5, 5.41) is 22.1. The van der Waals surface area contributed by atoms with Gasteiger partial charge in [-0.2, -0.15) is 0 Å². The first-order chi connectivity index (χ1) is 15.5. The Morgan fingerprint density at radius 1 is 1.06 bits per heavy atom. The van der Waals surface area contributed by atoms with Crippen LogP contribution in [0.2, 0.25) is 0 Å². The van der Waals surface area contributed by atoms with E-state index in [4.69, 9.17) is 9.47 Å². The van der Waals surface area contributed by atoms with Gasteiger partial charge in [0.2, 0.25) is 0 Å². The highest BCUT2D eigenvalue weighted by Gasteiger charge is 2.74. The monoisotopic (exact) mass is 524 g/mol. The Morgan fingerprint density at radius 3 is 2.55 bits per heavy atom. The van der Waals surface area contributed by atoms with Crippen molar-refractivity contribution < 1.29 is 24.5 Å². The maximum atomic E-state index is 14.0. The van der Waals surface area contributed by atoms with Crippen LogP contribution >= 0.6 is 15.9 Å². The predicted octanol–water partition coefficient (Wildman–Crippen LogP) is 4.32. The normalized spacial score (nSPS) is 62.5. The first-order valence-electron chi connectivity index (χ1n) is 13.4. The number of carbonyl (C=O) groups excluding carboxylic acids is 1. The van der Waals surface area contributed by atoms with Crippen molar-refractivity contribution in [3.8, 4) is 0 Å². The molecule has 14 atom stereocenters. The number of ketones is 1. The molecule has 2 N–H and O–H groups in total. The van der Waals surface area contributed by atoms with Gasteiger partial charge < -0.3 is 19.7 Å². The van der Waals surface area contributed by atoms with Crippen molar-refractivity contribution in [3.63, 3.8) is 0 Å². The Bertz CT molecular complexity index is 835. The molecule has 6 fully saturated rings. The van der Waals surface area contributed by atoms with Crippen LogP contribution in [0.3, 0.4) is 0 Å². The minimum absolute atomic E-state index is 0.0309. The van der Waals surface area contributed by atoms with E-state index in [1.54, 1.807) is 0 Å². The first kappa shape index (κ1) is 23.4. The average Bonchev–Trinajstić information content (AvgIpc) is 3.22. The Hall–Kier alpha value is -0.0100. The number of aliphatic hydroxyl groups excluding tert-OH is 2. The van der Waals surface area contributed by atoms with Crippen molar-refractivity contribution in [2.75, 3.05) is 6.61 Å². The summed E-state index contributed by atoms with van der Waals surface area (Å²) in [6, 6.07) is 0. The second-order valence-corrected chi connectivity index (χ2v) is 14.3. The lowest BCUT2D eigenvalue weighted by Crippen LogP contribution is -2.64. The zero-order valence-corrected chi connectivity index (χ0v) is 22.1. The number of aliphatic hydroxyl groups is 2. The molecule has 5 nitrogen and oxygen atoms in total. The van der Waals surface area contributed by atoms with Crippen molar-refractivity contribution in [3.05, 3.63) is 0 Å².